The first kappa shape index (κ1) is 19.7. The summed E-state index contributed by atoms with van der Waals surface area (Å²) in [6.07, 6.45) is 2.16. The van der Waals surface area contributed by atoms with E-state index in [1.807, 2.05) is 35.2 Å². The van der Waals surface area contributed by atoms with Crippen molar-refractivity contribution < 1.29 is 14.3 Å². The molecule has 0 spiro atoms. The molecule has 6 nitrogen and oxygen atoms in total. The quantitative estimate of drug-likeness (QED) is 0.764. The fourth-order valence-electron chi connectivity index (χ4n) is 3.30. The van der Waals surface area contributed by atoms with E-state index >= 15 is 0 Å². The van der Waals surface area contributed by atoms with Crippen LogP contribution in [0.1, 0.15) is 32.3 Å². The number of hydrogen-bond acceptors (Lipinski definition) is 3. The van der Waals surface area contributed by atoms with E-state index in [1.54, 1.807) is 19.2 Å². The average molecular weight is 381 g/mol. The summed E-state index contributed by atoms with van der Waals surface area (Å²) in [7, 11) is 1.56. The van der Waals surface area contributed by atoms with Gasteiger partial charge < -0.3 is 20.3 Å². The van der Waals surface area contributed by atoms with Gasteiger partial charge in [0.15, 0.2) is 0 Å². The van der Waals surface area contributed by atoms with Crippen LogP contribution in [0.25, 0.3) is 0 Å². The highest BCUT2D eigenvalue weighted by atomic mass is 16.5. The first-order valence-corrected chi connectivity index (χ1v) is 9.62. The minimum absolute atomic E-state index is 0.169. The van der Waals surface area contributed by atoms with E-state index < -0.39 is 0 Å². The van der Waals surface area contributed by atoms with Crippen molar-refractivity contribution in [2.45, 2.75) is 33.1 Å². The molecule has 1 aliphatic heterocycles. The van der Waals surface area contributed by atoms with E-state index in [0.717, 1.165) is 24.2 Å². The third-order valence-electron chi connectivity index (χ3n) is 4.82. The van der Waals surface area contributed by atoms with Crippen molar-refractivity contribution in [2.24, 2.45) is 5.92 Å². The van der Waals surface area contributed by atoms with Gasteiger partial charge >= 0.3 is 6.03 Å². The minimum Gasteiger partial charge on any atom is -0.495 e. The van der Waals surface area contributed by atoms with Crippen molar-refractivity contribution in [3.05, 3.63) is 48.0 Å². The Hall–Kier alpha value is -3.02. The number of nitrogens with one attached hydrogen (secondary N) is 2. The summed E-state index contributed by atoms with van der Waals surface area (Å²) >= 11 is 0. The molecule has 148 valence electrons. The Morgan fingerprint density at radius 3 is 2.68 bits per heavy atom. The van der Waals surface area contributed by atoms with Gasteiger partial charge in [0.1, 0.15) is 5.75 Å². The number of carbonyl (C=O) groups excluding carboxylic acids is 2. The van der Waals surface area contributed by atoms with Gasteiger partial charge in [-0.15, -0.1) is 0 Å². The van der Waals surface area contributed by atoms with Gasteiger partial charge in [-0.3, -0.25) is 4.79 Å². The standard InChI is InChI=1S/C22H27N3O3/c1-15(2)12-13-25-19-10-9-17(14-16(19)8-11-21(25)26)23-22(27)24-18-6-4-5-7-20(18)28-3/h4-7,9-10,14-15H,8,11-13H2,1-3H3,(H2,23,24,27). The number of fused-ring (bicyclic) bond motifs is 1. The summed E-state index contributed by atoms with van der Waals surface area (Å²) in [5.41, 5.74) is 3.33. The highest BCUT2D eigenvalue weighted by molar-refractivity contribution is 6.01. The molecule has 2 aromatic rings. The van der Waals surface area contributed by atoms with Crippen LogP contribution in [0.5, 0.6) is 5.75 Å². The molecule has 0 unspecified atom stereocenters. The number of carbonyl (C=O) groups is 2. The second-order valence-electron chi connectivity index (χ2n) is 7.35. The van der Waals surface area contributed by atoms with E-state index in [1.165, 1.54) is 0 Å². The largest absolute Gasteiger partial charge is 0.495 e. The zero-order chi connectivity index (χ0) is 20.1. The Morgan fingerprint density at radius 2 is 1.93 bits per heavy atom. The molecule has 6 heteroatoms. The highest BCUT2D eigenvalue weighted by Crippen LogP contribution is 2.31. The van der Waals surface area contributed by atoms with Gasteiger partial charge in [-0.05, 0) is 54.7 Å². The lowest BCUT2D eigenvalue weighted by atomic mass is 9.99. The van der Waals surface area contributed by atoms with Crippen LogP contribution in [0.2, 0.25) is 0 Å². The second-order valence-corrected chi connectivity index (χ2v) is 7.35. The number of benzene rings is 2. The molecule has 3 rings (SSSR count). The van der Waals surface area contributed by atoms with Crippen LogP contribution in [-0.2, 0) is 11.2 Å². The number of hydrogen-bond donors (Lipinski definition) is 2. The molecule has 1 heterocycles. The van der Waals surface area contributed by atoms with E-state index in [-0.39, 0.29) is 11.9 Å². The van der Waals surface area contributed by atoms with Crippen LogP contribution in [0.3, 0.4) is 0 Å². The Morgan fingerprint density at radius 1 is 1.14 bits per heavy atom. The third-order valence-corrected chi connectivity index (χ3v) is 4.82. The average Bonchev–Trinajstić information content (AvgIpc) is 2.67. The molecule has 0 aromatic heterocycles. The monoisotopic (exact) mass is 381 g/mol. The van der Waals surface area contributed by atoms with Crippen molar-refractivity contribution in [3.63, 3.8) is 0 Å². The molecule has 0 fully saturated rings. The minimum atomic E-state index is -0.340. The first-order chi connectivity index (χ1) is 13.5. The fraction of sp³-hybridized carbons (Fsp3) is 0.364. The summed E-state index contributed by atoms with van der Waals surface area (Å²) in [5, 5.41) is 5.66. The fourth-order valence-corrected chi connectivity index (χ4v) is 3.30. The topological polar surface area (TPSA) is 70.7 Å². The highest BCUT2D eigenvalue weighted by Gasteiger charge is 2.24. The number of aryl methyl sites for hydroxylation is 1. The number of methoxy groups -OCH3 is 1. The molecule has 0 bridgehead atoms. The maximum Gasteiger partial charge on any atom is 0.323 e. The maximum absolute atomic E-state index is 12.4. The second kappa shape index (κ2) is 8.78. The number of nitrogens with zero attached hydrogens (tertiary/aromatic N) is 1. The Balaban J connectivity index is 1.71. The van der Waals surface area contributed by atoms with Gasteiger partial charge in [0, 0.05) is 24.3 Å². The SMILES string of the molecule is COc1ccccc1NC(=O)Nc1ccc2c(c1)CCC(=O)N2CCC(C)C. The summed E-state index contributed by atoms with van der Waals surface area (Å²) in [4.78, 5) is 26.6. The molecule has 0 radical (unpaired) electrons. The lowest BCUT2D eigenvalue weighted by Crippen LogP contribution is -2.36. The normalized spacial score (nSPS) is 13.3. The molecule has 2 aromatic carbocycles. The molecule has 28 heavy (non-hydrogen) atoms. The Kier molecular flexibility index (Phi) is 6.19. The van der Waals surface area contributed by atoms with Crippen molar-refractivity contribution in [2.75, 3.05) is 29.2 Å². The van der Waals surface area contributed by atoms with Crippen molar-refractivity contribution >= 4 is 29.0 Å². The van der Waals surface area contributed by atoms with Crippen molar-refractivity contribution in [3.8, 4) is 5.75 Å². The van der Waals surface area contributed by atoms with Crippen LogP contribution >= 0.6 is 0 Å². The van der Waals surface area contributed by atoms with Crippen LogP contribution in [0.4, 0.5) is 21.9 Å². The van der Waals surface area contributed by atoms with Gasteiger partial charge in [-0.2, -0.15) is 0 Å². The molecular weight excluding hydrogens is 354 g/mol. The zero-order valence-electron chi connectivity index (χ0n) is 16.6. The van der Waals surface area contributed by atoms with E-state index in [2.05, 4.69) is 24.5 Å². The molecule has 2 N–H and O–H groups in total. The van der Waals surface area contributed by atoms with Gasteiger partial charge in [0.05, 0.1) is 12.8 Å². The first-order valence-electron chi connectivity index (χ1n) is 9.62. The van der Waals surface area contributed by atoms with Crippen molar-refractivity contribution in [1.82, 2.24) is 0 Å². The van der Waals surface area contributed by atoms with Gasteiger partial charge in [-0.1, -0.05) is 26.0 Å². The number of anilines is 3. The lowest BCUT2D eigenvalue weighted by molar-refractivity contribution is -0.118. The molecule has 0 aliphatic carbocycles. The lowest BCUT2D eigenvalue weighted by Gasteiger charge is -2.30. The van der Waals surface area contributed by atoms with Crippen molar-refractivity contribution in [1.29, 1.82) is 0 Å². The predicted molar refractivity (Wildman–Crippen MR) is 112 cm³/mol. The summed E-state index contributed by atoms with van der Waals surface area (Å²) in [6, 6.07) is 12.6. The smallest absolute Gasteiger partial charge is 0.323 e. The molecule has 3 amide bonds. The van der Waals surface area contributed by atoms with Gasteiger partial charge in [0.25, 0.3) is 0 Å². The molecular formula is C22H27N3O3. The molecule has 1 aliphatic rings. The third kappa shape index (κ3) is 4.63. The Bertz CT molecular complexity index is 864. The number of urea groups is 1. The zero-order valence-corrected chi connectivity index (χ0v) is 16.6. The predicted octanol–water partition coefficient (Wildman–Crippen LogP) is 4.66. The molecule has 0 atom stereocenters. The van der Waals surface area contributed by atoms with Crippen LogP contribution in [-0.4, -0.2) is 25.6 Å². The summed E-state index contributed by atoms with van der Waals surface area (Å²) in [5.74, 6) is 1.31. The Labute approximate surface area is 165 Å². The van der Waals surface area contributed by atoms with Gasteiger partial charge in [0.2, 0.25) is 5.91 Å². The van der Waals surface area contributed by atoms with E-state index in [9.17, 15) is 9.59 Å². The summed E-state index contributed by atoms with van der Waals surface area (Å²) in [6.45, 7) is 5.04. The van der Waals surface area contributed by atoms with Crippen LogP contribution in [0, 0.1) is 5.92 Å². The summed E-state index contributed by atoms with van der Waals surface area (Å²) < 4.78 is 5.25. The number of rotatable bonds is 6. The number of ether oxygens (including phenoxy) is 1. The van der Waals surface area contributed by atoms with E-state index in [4.69, 9.17) is 4.74 Å². The number of para-hydroxylation sites is 2. The van der Waals surface area contributed by atoms with Crippen LogP contribution < -0.4 is 20.3 Å². The van der Waals surface area contributed by atoms with Crippen LogP contribution in [0.15, 0.2) is 42.5 Å². The van der Waals surface area contributed by atoms with Gasteiger partial charge in [-0.25, -0.2) is 4.79 Å². The van der Waals surface area contributed by atoms with E-state index in [0.29, 0.717) is 35.9 Å². The number of amides is 3. The maximum atomic E-state index is 12.4. The molecule has 0 saturated carbocycles. The molecule has 0 saturated heterocycles.